The second-order valence-electron chi connectivity index (χ2n) is 10.6. The fraction of sp³-hybridized carbons (Fsp3) is 0.355. The molecule has 2 aromatic carbocycles. The number of ether oxygens (including phenoxy) is 1. The minimum atomic E-state index is -0.898. The highest BCUT2D eigenvalue weighted by Crippen LogP contribution is 2.43. The van der Waals surface area contributed by atoms with Crippen molar-refractivity contribution in [3.8, 4) is 17.9 Å². The van der Waals surface area contributed by atoms with Crippen LogP contribution in [0.5, 0.6) is 5.75 Å². The molecule has 5 rings (SSSR count). The summed E-state index contributed by atoms with van der Waals surface area (Å²) in [6, 6.07) is 10.8. The summed E-state index contributed by atoms with van der Waals surface area (Å²) in [6.07, 6.45) is 2.42. The lowest BCUT2D eigenvalue weighted by Crippen LogP contribution is -2.26. The highest BCUT2D eigenvalue weighted by molar-refractivity contribution is 6.34. The fourth-order valence-corrected chi connectivity index (χ4v) is 5.90. The van der Waals surface area contributed by atoms with Crippen LogP contribution in [0.4, 0.5) is 10.2 Å². The second-order valence-corrected chi connectivity index (χ2v) is 11.0. The minimum Gasteiger partial charge on any atom is -0.492 e. The molecule has 42 heavy (non-hydrogen) atoms. The van der Waals surface area contributed by atoms with Gasteiger partial charge in [-0.1, -0.05) is 11.6 Å². The van der Waals surface area contributed by atoms with Crippen molar-refractivity contribution in [2.24, 2.45) is 0 Å². The summed E-state index contributed by atoms with van der Waals surface area (Å²) in [5.74, 6) is -1.20. The lowest BCUT2D eigenvalue weighted by molar-refractivity contribution is 0.102. The van der Waals surface area contributed by atoms with E-state index in [0.29, 0.717) is 34.7 Å². The zero-order valence-corrected chi connectivity index (χ0v) is 24.7. The number of likely N-dealkylation sites (tertiary alicyclic amines) is 1. The van der Waals surface area contributed by atoms with Gasteiger partial charge in [0.25, 0.3) is 5.91 Å². The van der Waals surface area contributed by atoms with Gasteiger partial charge < -0.3 is 15.0 Å². The van der Waals surface area contributed by atoms with E-state index in [1.54, 1.807) is 57.0 Å². The van der Waals surface area contributed by atoms with E-state index < -0.39 is 17.6 Å². The Morgan fingerprint density at radius 1 is 1.17 bits per heavy atom. The Kier molecular flexibility index (Phi) is 8.22. The van der Waals surface area contributed by atoms with Crippen molar-refractivity contribution in [2.75, 3.05) is 38.6 Å². The molecule has 1 fully saturated rings. The van der Waals surface area contributed by atoms with Crippen LogP contribution in [0.15, 0.2) is 46.8 Å². The van der Waals surface area contributed by atoms with Crippen molar-refractivity contribution in [3.05, 3.63) is 74.3 Å². The molecule has 0 aliphatic carbocycles. The van der Waals surface area contributed by atoms with E-state index in [4.69, 9.17) is 16.3 Å². The van der Waals surface area contributed by atoms with Crippen molar-refractivity contribution in [1.29, 1.82) is 10.5 Å². The fourth-order valence-electron chi connectivity index (χ4n) is 5.65. The molecule has 3 aromatic rings. The van der Waals surface area contributed by atoms with Gasteiger partial charge >= 0.3 is 0 Å². The number of allylic oxidation sites excluding steroid dienone is 4. The number of aromatic amines is 1. The number of aryl methyl sites for hydroxylation is 1. The van der Waals surface area contributed by atoms with E-state index in [1.165, 1.54) is 12.8 Å². The van der Waals surface area contributed by atoms with Crippen LogP contribution in [0.1, 0.15) is 54.1 Å². The summed E-state index contributed by atoms with van der Waals surface area (Å²) in [7, 11) is 1.77. The molecule has 2 aliphatic rings. The van der Waals surface area contributed by atoms with Crippen molar-refractivity contribution in [1.82, 2.24) is 20.0 Å². The van der Waals surface area contributed by atoms with Crippen LogP contribution in [0.2, 0.25) is 5.02 Å². The molecule has 3 heterocycles. The molecular weight excluding hydrogens is 557 g/mol. The number of hydrogen-bond donors (Lipinski definition) is 2. The van der Waals surface area contributed by atoms with Crippen LogP contribution < -0.4 is 10.1 Å². The van der Waals surface area contributed by atoms with Gasteiger partial charge in [-0.15, -0.1) is 0 Å². The van der Waals surface area contributed by atoms with Crippen LogP contribution in [-0.4, -0.2) is 59.2 Å². The van der Waals surface area contributed by atoms with Gasteiger partial charge in [0.15, 0.2) is 5.82 Å². The van der Waals surface area contributed by atoms with E-state index in [2.05, 4.69) is 32.6 Å². The number of benzene rings is 2. The molecule has 216 valence electrons. The number of hydrogen-bond acceptors (Lipinski definition) is 7. The van der Waals surface area contributed by atoms with Crippen LogP contribution in [-0.2, 0) is 0 Å². The number of rotatable bonds is 7. The predicted molar refractivity (Wildman–Crippen MR) is 158 cm³/mol. The topological polar surface area (TPSA) is 121 Å². The number of H-pyrrole nitrogens is 1. The lowest BCUT2D eigenvalue weighted by Gasteiger charge is -2.33. The maximum Gasteiger partial charge on any atom is 0.258 e. The second kappa shape index (κ2) is 11.8. The van der Waals surface area contributed by atoms with E-state index in [9.17, 15) is 15.3 Å². The smallest absolute Gasteiger partial charge is 0.258 e. The van der Waals surface area contributed by atoms with E-state index in [0.717, 1.165) is 19.6 Å². The first-order chi connectivity index (χ1) is 20.2. The number of nitrogens with one attached hydrogen (secondary N) is 2. The maximum absolute atomic E-state index is 15.8. The molecule has 0 unspecified atom stereocenters. The van der Waals surface area contributed by atoms with Crippen LogP contribution in [0.3, 0.4) is 0 Å². The third-order valence-corrected chi connectivity index (χ3v) is 8.58. The number of fused-ring (bicyclic) bond motifs is 1. The van der Waals surface area contributed by atoms with Gasteiger partial charge in [0.05, 0.1) is 45.3 Å². The predicted octanol–water partition coefficient (Wildman–Crippen LogP) is 6.01. The van der Waals surface area contributed by atoms with Crippen LogP contribution in [0.25, 0.3) is 10.9 Å². The summed E-state index contributed by atoms with van der Waals surface area (Å²) < 4.78 is 21.7. The van der Waals surface area contributed by atoms with Gasteiger partial charge in [0.2, 0.25) is 0 Å². The first-order valence-corrected chi connectivity index (χ1v) is 14.1. The largest absolute Gasteiger partial charge is 0.492 e. The molecule has 11 heteroatoms. The van der Waals surface area contributed by atoms with Gasteiger partial charge in [0.1, 0.15) is 18.2 Å². The van der Waals surface area contributed by atoms with Gasteiger partial charge in [-0.2, -0.15) is 15.6 Å². The number of amides is 1. The van der Waals surface area contributed by atoms with Gasteiger partial charge in [0, 0.05) is 41.5 Å². The average Bonchev–Trinajstić information content (AvgIpc) is 3.64. The molecule has 0 saturated carbocycles. The van der Waals surface area contributed by atoms with E-state index in [-0.39, 0.29) is 38.7 Å². The monoisotopic (exact) mass is 587 g/mol. The number of carbonyl (C=O) groups is 1. The van der Waals surface area contributed by atoms with Gasteiger partial charge in [-0.05, 0) is 71.0 Å². The minimum absolute atomic E-state index is 0.158. The Labute approximate surface area is 248 Å². The number of anilines is 1. The summed E-state index contributed by atoms with van der Waals surface area (Å²) in [5.41, 5.74) is 2.86. The maximum atomic E-state index is 15.8. The Morgan fingerprint density at radius 2 is 1.83 bits per heavy atom. The number of nitrogens with zero attached hydrogens (tertiary/aromatic N) is 5. The van der Waals surface area contributed by atoms with Crippen LogP contribution in [0, 0.1) is 35.4 Å². The summed E-state index contributed by atoms with van der Waals surface area (Å²) in [5, 5.41) is 30.5. The third-order valence-electron chi connectivity index (χ3n) is 8.27. The zero-order chi connectivity index (χ0) is 30.1. The highest BCUT2D eigenvalue weighted by atomic mass is 35.5. The Bertz CT molecular complexity index is 1690. The standard InChI is InChI=1S/C31H31ClFN7O2/c1-17-28(33)22(27-24(15-34)18(2)39(4)19(3)25(27)16-35)14-23-29(17)37-38-30(23)36-31(41)21-8-7-20(13-26(21)32)42-12-11-40-9-5-6-10-40/h7-8,13-14,27H,5-6,9-12H2,1-4H3,(H2,36,37,38,41). The SMILES string of the molecule is CC1=C(C#N)C(c2cc3c(NC(=O)c4ccc(OCCN5CCCC5)cc4Cl)n[nH]c3c(C)c2F)C(C#N)=C(C)N1C. The first kappa shape index (κ1) is 29.1. The molecule has 9 nitrogen and oxygen atoms in total. The Hall–Kier alpha value is -4.38. The molecule has 2 N–H and O–H groups in total. The molecule has 0 radical (unpaired) electrons. The molecule has 0 bridgehead atoms. The van der Waals surface area contributed by atoms with Crippen molar-refractivity contribution in [3.63, 3.8) is 0 Å². The third kappa shape index (κ3) is 5.20. The number of halogens is 2. The lowest BCUT2D eigenvalue weighted by atomic mass is 9.80. The summed E-state index contributed by atoms with van der Waals surface area (Å²) in [4.78, 5) is 17.4. The molecule has 1 amide bonds. The summed E-state index contributed by atoms with van der Waals surface area (Å²) in [6.45, 7) is 8.66. The first-order valence-electron chi connectivity index (χ1n) is 13.7. The zero-order valence-electron chi connectivity index (χ0n) is 23.9. The molecule has 1 saturated heterocycles. The molecule has 0 atom stereocenters. The van der Waals surface area contributed by atoms with Crippen molar-refractivity contribution >= 4 is 34.2 Å². The van der Waals surface area contributed by atoms with Crippen molar-refractivity contribution < 1.29 is 13.9 Å². The van der Waals surface area contributed by atoms with Crippen LogP contribution >= 0.6 is 11.6 Å². The molecule has 2 aliphatic heterocycles. The van der Waals surface area contributed by atoms with E-state index >= 15 is 4.39 Å². The quantitative estimate of drug-likeness (QED) is 0.347. The van der Waals surface area contributed by atoms with Crippen molar-refractivity contribution in [2.45, 2.75) is 39.5 Å². The normalized spacial score (nSPS) is 16.2. The number of carbonyl (C=O) groups excluding carboxylic acids is 1. The number of nitriles is 2. The number of aromatic nitrogens is 2. The molecular formula is C31H31ClFN7O2. The Morgan fingerprint density at radius 3 is 2.45 bits per heavy atom. The molecule has 1 aromatic heterocycles. The highest BCUT2D eigenvalue weighted by Gasteiger charge is 2.35. The molecule has 0 spiro atoms. The van der Waals surface area contributed by atoms with Gasteiger partial charge in [-0.3, -0.25) is 14.8 Å². The average molecular weight is 588 g/mol. The van der Waals surface area contributed by atoms with E-state index in [1.807, 2.05) is 0 Å². The van der Waals surface area contributed by atoms with Gasteiger partial charge in [-0.25, -0.2) is 4.39 Å². The summed E-state index contributed by atoms with van der Waals surface area (Å²) >= 11 is 6.46. The Balaban J connectivity index is 1.44.